The zero-order valence-corrected chi connectivity index (χ0v) is 11.3. The summed E-state index contributed by atoms with van der Waals surface area (Å²) in [4.78, 5) is 18.8. The SMILES string of the molecule is CS(=O)(=O)n1cncc1C(=O)c1ccc(C(F)(F)F)nc1. The van der Waals surface area contributed by atoms with Crippen molar-refractivity contribution >= 4 is 15.8 Å². The molecule has 0 N–H and O–H groups in total. The first-order valence-electron chi connectivity index (χ1n) is 5.41. The van der Waals surface area contributed by atoms with Crippen LogP contribution in [0.1, 0.15) is 21.7 Å². The van der Waals surface area contributed by atoms with Gasteiger partial charge < -0.3 is 0 Å². The molecule has 0 atom stereocenters. The summed E-state index contributed by atoms with van der Waals surface area (Å²) in [5.41, 5.74) is -1.59. The van der Waals surface area contributed by atoms with Crippen LogP contribution in [0.3, 0.4) is 0 Å². The Balaban J connectivity index is 2.40. The molecule has 0 aliphatic carbocycles. The van der Waals surface area contributed by atoms with E-state index in [2.05, 4.69) is 9.97 Å². The number of alkyl halides is 3. The minimum atomic E-state index is -4.61. The highest BCUT2D eigenvalue weighted by atomic mass is 32.2. The number of nitrogens with zero attached hydrogens (tertiary/aromatic N) is 3. The molecule has 0 fully saturated rings. The number of pyridine rings is 1. The molecule has 0 radical (unpaired) electrons. The van der Waals surface area contributed by atoms with Gasteiger partial charge in [0.15, 0.2) is 0 Å². The molecule has 2 heterocycles. The molecule has 0 saturated heterocycles. The summed E-state index contributed by atoms with van der Waals surface area (Å²) < 4.78 is 60.7. The Morgan fingerprint density at radius 2 is 1.90 bits per heavy atom. The van der Waals surface area contributed by atoms with Crippen LogP contribution in [0, 0.1) is 0 Å². The maximum absolute atomic E-state index is 12.4. The van der Waals surface area contributed by atoms with Crippen LogP contribution in [0.5, 0.6) is 0 Å². The van der Waals surface area contributed by atoms with E-state index < -0.39 is 27.7 Å². The summed E-state index contributed by atoms with van der Waals surface area (Å²) in [5, 5.41) is 0. The Bertz CT molecular complexity index is 779. The predicted octanol–water partition coefficient (Wildman–Crippen LogP) is 1.34. The van der Waals surface area contributed by atoms with Gasteiger partial charge in [0.25, 0.3) is 0 Å². The molecule has 10 heteroatoms. The van der Waals surface area contributed by atoms with E-state index in [-0.39, 0.29) is 11.3 Å². The van der Waals surface area contributed by atoms with Gasteiger partial charge in [0, 0.05) is 11.8 Å². The zero-order valence-electron chi connectivity index (χ0n) is 10.5. The molecule has 2 aromatic heterocycles. The fraction of sp³-hybridized carbons (Fsp3) is 0.182. The maximum Gasteiger partial charge on any atom is 0.433 e. The molecular formula is C11H8F3N3O3S. The van der Waals surface area contributed by atoms with Gasteiger partial charge in [0.2, 0.25) is 15.8 Å². The normalized spacial score (nSPS) is 12.4. The van der Waals surface area contributed by atoms with Gasteiger partial charge in [-0.15, -0.1) is 0 Å². The summed E-state index contributed by atoms with van der Waals surface area (Å²) in [6.45, 7) is 0. The largest absolute Gasteiger partial charge is 0.433 e. The summed E-state index contributed by atoms with van der Waals surface area (Å²) in [5.74, 6) is -0.792. The topological polar surface area (TPSA) is 81.9 Å². The Morgan fingerprint density at radius 3 is 2.38 bits per heavy atom. The van der Waals surface area contributed by atoms with Crippen molar-refractivity contribution in [2.24, 2.45) is 0 Å². The van der Waals surface area contributed by atoms with E-state index >= 15 is 0 Å². The van der Waals surface area contributed by atoms with E-state index in [1.54, 1.807) is 0 Å². The second-order valence-electron chi connectivity index (χ2n) is 4.10. The Kier molecular flexibility index (Phi) is 3.58. The van der Waals surface area contributed by atoms with Gasteiger partial charge in [0.1, 0.15) is 17.7 Å². The van der Waals surface area contributed by atoms with Gasteiger partial charge in [-0.05, 0) is 12.1 Å². The smallest absolute Gasteiger partial charge is 0.287 e. The molecule has 0 saturated carbocycles. The van der Waals surface area contributed by atoms with E-state index in [0.29, 0.717) is 10.0 Å². The number of aromatic nitrogens is 3. The highest BCUT2D eigenvalue weighted by Gasteiger charge is 2.32. The standard InChI is InChI=1S/C11H8F3N3O3S/c1-21(19,20)17-6-15-5-8(17)10(18)7-2-3-9(16-4-7)11(12,13)14/h2-6H,1H3. The quantitative estimate of drug-likeness (QED) is 0.797. The summed E-state index contributed by atoms with van der Waals surface area (Å²) >= 11 is 0. The predicted molar refractivity (Wildman–Crippen MR) is 65.1 cm³/mol. The third kappa shape index (κ3) is 3.10. The third-order valence-corrected chi connectivity index (χ3v) is 3.52. The Morgan fingerprint density at radius 1 is 1.24 bits per heavy atom. The number of ketones is 1. The van der Waals surface area contributed by atoms with E-state index in [1.807, 2.05) is 0 Å². The molecule has 0 spiro atoms. The molecule has 0 amide bonds. The summed E-state index contributed by atoms with van der Waals surface area (Å²) in [7, 11) is -3.74. The van der Waals surface area contributed by atoms with Crippen LogP contribution in [-0.2, 0) is 16.2 Å². The second-order valence-corrected chi connectivity index (χ2v) is 5.96. The van der Waals surface area contributed by atoms with Crippen LogP contribution in [0.2, 0.25) is 0 Å². The summed E-state index contributed by atoms with van der Waals surface area (Å²) in [6, 6.07) is 1.58. The van der Waals surface area contributed by atoms with Crippen molar-refractivity contribution in [3.63, 3.8) is 0 Å². The van der Waals surface area contributed by atoms with Crippen LogP contribution in [0.15, 0.2) is 30.9 Å². The lowest BCUT2D eigenvalue weighted by Crippen LogP contribution is -2.17. The molecular weight excluding hydrogens is 311 g/mol. The van der Waals surface area contributed by atoms with Gasteiger partial charge in [-0.2, -0.15) is 13.2 Å². The van der Waals surface area contributed by atoms with Crippen molar-refractivity contribution in [1.29, 1.82) is 0 Å². The van der Waals surface area contributed by atoms with Crippen molar-refractivity contribution < 1.29 is 26.4 Å². The van der Waals surface area contributed by atoms with E-state index in [9.17, 15) is 26.4 Å². The third-order valence-electron chi connectivity index (χ3n) is 2.51. The number of hydrogen-bond donors (Lipinski definition) is 0. The van der Waals surface area contributed by atoms with Crippen LogP contribution in [0.25, 0.3) is 0 Å². The van der Waals surface area contributed by atoms with E-state index in [4.69, 9.17) is 0 Å². The summed E-state index contributed by atoms with van der Waals surface area (Å²) in [6.07, 6.45) is -1.06. The first-order valence-corrected chi connectivity index (χ1v) is 7.26. The van der Waals surface area contributed by atoms with Crippen LogP contribution in [-0.4, -0.2) is 34.4 Å². The van der Waals surface area contributed by atoms with E-state index in [0.717, 1.165) is 31.0 Å². The van der Waals surface area contributed by atoms with Crippen LogP contribution < -0.4 is 0 Å². The van der Waals surface area contributed by atoms with Gasteiger partial charge in [-0.1, -0.05) is 0 Å². The lowest BCUT2D eigenvalue weighted by Gasteiger charge is -2.07. The number of rotatable bonds is 3. The lowest BCUT2D eigenvalue weighted by atomic mass is 10.1. The number of carbonyl (C=O) groups is 1. The molecule has 21 heavy (non-hydrogen) atoms. The van der Waals surface area contributed by atoms with Crippen molar-refractivity contribution in [3.8, 4) is 0 Å². The highest BCUT2D eigenvalue weighted by Crippen LogP contribution is 2.27. The average Bonchev–Trinajstić information content (AvgIpc) is 2.86. The van der Waals surface area contributed by atoms with Gasteiger partial charge >= 0.3 is 6.18 Å². The van der Waals surface area contributed by atoms with E-state index in [1.165, 1.54) is 0 Å². The highest BCUT2D eigenvalue weighted by molar-refractivity contribution is 7.89. The first kappa shape index (κ1) is 15.2. The van der Waals surface area contributed by atoms with Crippen molar-refractivity contribution in [2.45, 2.75) is 6.18 Å². The molecule has 112 valence electrons. The van der Waals surface area contributed by atoms with Gasteiger partial charge in [-0.3, -0.25) is 9.78 Å². The number of carbonyl (C=O) groups excluding carboxylic acids is 1. The monoisotopic (exact) mass is 319 g/mol. The minimum absolute atomic E-state index is 0.173. The fourth-order valence-corrected chi connectivity index (χ4v) is 2.26. The van der Waals surface area contributed by atoms with Crippen LogP contribution in [0.4, 0.5) is 13.2 Å². The van der Waals surface area contributed by atoms with Crippen molar-refractivity contribution in [3.05, 3.63) is 47.8 Å². The molecule has 2 rings (SSSR count). The molecule has 2 aromatic rings. The molecule has 0 aliphatic rings. The fourth-order valence-electron chi connectivity index (χ4n) is 1.55. The Labute approximate surface area is 117 Å². The van der Waals surface area contributed by atoms with Gasteiger partial charge in [0.05, 0.1) is 12.5 Å². The molecule has 0 aliphatic heterocycles. The molecule has 0 unspecified atom stereocenters. The number of hydrogen-bond acceptors (Lipinski definition) is 5. The first-order chi connectivity index (χ1) is 9.60. The zero-order chi connectivity index (χ0) is 15.8. The lowest BCUT2D eigenvalue weighted by molar-refractivity contribution is -0.141. The second kappa shape index (κ2) is 4.95. The van der Waals surface area contributed by atoms with Crippen molar-refractivity contribution in [2.75, 3.05) is 6.26 Å². The molecule has 0 bridgehead atoms. The Hall–Kier alpha value is -2.23. The average molecular weight is 319 g/mol. The van der Waals surface area contributed by atoms with Crippen molar-refractivity contribution in [1.82, 2.24) is 13.9 Å². The van der Waals surface area contributed by atoms with Crippen LogP contribution >= 0.6 is 0 Å². The molecule has 0 aromatic carbocycles. The maximum atomic E-state index is 12.4. The molecule has 6 nitrogen and oxygen atoms in total. The minimum Gasteiger partial charge on any atom is -0.287 e. The number of halogens is 3. The van der Waals surface area contributed by atoms with Gasteiger partial charge in [-0.25, -0.2) is 17.4 Å². The number of imidazole rings is 1.